The van der Waals surface area contributed by atoms with Gasteiger partial charge in [0.1, 0.15) is 0 Å². The smallest absolute Gasteiger partial charge is 0.0449 e. The van der Waals surface area contributed by atoms with Crippen LogP contribution in [0.15, 0.2) is 217 Å². The number of hydrogen-bond acceptors (Lipinski definition) is 3. The van der Waals surface area contributed by atoms with Crippen molar-refractivity contribution >= 4 is 57.7 Å². The van der Waals surface area contributed by atoms with Gasteiger partial charge in [-0.3, -0.25) is 0 Å². The molecule has 0 saturated carbocycles. The molecule has 2 aliphatic rings. The van der Waals surface area contributed by atoms with Crippen LogP contribution in [-0.2, 0) is 0 Å². The van der Waals surface area contributed by atoms with Crippen LogP contribution in [0.3, 0.4) is 0 Å². The summed E-state index contributed by atoms with van der Waals surface area (Å²) in [6.45, 7) is 0. The molecule has 3 heteroatoms. The lowest BCUT2D eigenvalue weighted by Gasteiger charge is -2.24. The van der Waals surface area contributed by atoms with Gasteiger partial charge in [-0.05, 0) is 120 Å². The molecule has 0 saturated heterocycles. The third kappa shape index (κ3) is 7.39. The highest BCUT2D eigenvalue weighted by molar-refractivity contribution is 7.83. The molecule has 0 aliphatic heterocycles. The number of hydrogen-bond donors (Lipinski definition) is 1. The van der Waals surface area contributed by atoms with Gasteiger partial charge in [0, 0.05) is 25.4 Å². The summed E-state index contributed by atoms with van der Waals surface area (Å²) in [5.74, 6) is 0.512. The second-order valence-electron chi connectivity index (χ2n) is 14.9. The molecule has 0 spiro atoms. The van der Waals surface area contributed by atoms with Crippen molar-refractivity contribution in [2.24, 2.45) is 5.92 Å². The van der Waals surface area contributed by atoms with E-state index < -0.39 is 0 Å². The molecular formula is C56H40S3. The van der Waals surface area contributed by atoms with Gasteiger partial charge < -0.3 is 0 Å². The SMILES string of the molecule is S/C=C\C=C\c1ccc(-c2c(-c3ccc(-c4ccc(-c5ccc(C6=CC7=CC=CCC7C=C6)s5)s4)cc3)c(-c3ccccc3)c3ccccc3c2-c2ccccc2)cc1. The number of allylic oxidation sites excluding steroid dienone is 10. The van der Waals surface area contributed by atoms with Crippen LogP contribution in [0.25, 0.3) is 87.1 Å². The van der Waals surface area contributed by atoms with Gasteiger partial charge in [-0.15, -0.1) is 22.7 Å². The third-order valence-corrected chi connectivity index (χ3v) is 13.9. The van der Waals surface area contributed by atoms with E-state index in [0.717, 1.165) is 12.0 Å². The molecule has 1 atom stereocenters. The van der Waals surface area contributed by atoms with E-state index in [1.165, 1.54) is 91.5 Å². The molecule has 0 radical (unpaired) electrons. The molecule has 2 aliphatic carbocycles. The Morgan fingerprint density at radius 2 is 1.02 bits per heavy atom. The Morgan fingerprint density at radius 1 is 0.492 bits per heavy atom. The Balaban J connectivity index is 1.09. The largest absolute Gasteiger partial charge is 0.151 e. The zero-order valence-corrected chi connectivity index (χ0v) is 34.9. The van der Waals surface area contributed by atoms with Gasteiger partial charge in [0.15, 0.2) is 0 Å². The highest BCUT2D eigenvalue weighted by Gasteiger charge is 2.24. The van der Waals surface area contributed by atoms with Crippen LogP contribution < -0.4 is 0 Å². The molecule has 0 amide bonds. The summed E-state index contributed by atoms with van der Waals surface area (Å²) in [5.41, 5.74) is 14.8. The van der Waals surface area contributed by atoms with Crippen molar-refractivity contribution in [2.75, 3.05) is 0 Å². The summed E-state index contributed by atoms with van der Waals surface area (Å²) in [6.07, 6.45) is 20.9. The van der Waals surface area contributed by atoms with Gasteiger partial charge in [-0.25, -0.2) is 0 Å². The standard InChI is InChI=1S/C56H40S3/c57-36-12-11-13-38-22-24-43(25-23-38)55-53(41-15-3-1-4-16-41)47-20-9-10-21-48(47)54(42-17-5-2-6-18-42)56(55)44-29-27-40(28-30-44)49-32-34-51(58-49)52-35-33-50(59-52)46-31-26-39-14-7-8-19-45(39)37-46/h1-13,15-37,39,57H,14H2/b13-11+,36-12-. The number of thiol groups is 1. The summed E-state index contributed by atoms with van der Waals surface area (Å²) in [4.78, 5) is 5.19. The van der Waals surface area contributed by atoms with Gasteiger partial charge >= 0.3 is 0 Å². The average Bonchev–Trinajstić information content (AvgIpc) is 4.01. The number of fused-ring (bicyclic) bond motifs is 2. The molecular weight excluding hydrogens is 769 g/mol. The molecule has 0 nitrogen and oxygen atoms in total. The Kier molecular flexibility index (Phi) is 10.4. The van der Waals surface area contributed by atoms with Crippen molar-refractivity contribution in [3.8, 4) is 64.7 Å². The van der Waals surface area contributed by atoms with E-state index in [9.17, 15) is 0 Å². The molecule has 6 aromatic carbocycles. The van der Waals surface area contributed by atoms with E-state index in [1.807, 2.05) is 34.8 Å². The van der Waals surface area contributed by atoms with Crippen LogP contribution in [0.4, 0.5) is 0 Å². The first-order chi connectivity index (χ1) is 29.2. The molecule has 59 heavy (non-hydrogen) atoms. The van der Waals surface area contributed by atoms with Crippen molar-refractivity contribution in [1.82, 2.24) is 0 Å². The number of benzene rings is 6. The Morgan fingerprint density at radius 3 is 1.64 bits per heavy atom. The van der Waals surface area contributed by atoms with Crippen LogP contribution in [0, 0.1) is 5.92 Å². The Labute approximate surface area is 360 Å². The van der Waals surface area contributed by atoms with E-state index in [2.05, 4.69) is 213 Å². The highest BCUT2D eigenvalue weighted by Crippen LogP contribution is 2.51. The molecule has 0 fully saturated rings. The summed E-state index contributed by atoms with van der Waals surface area (Å²) < 4.78 is 0. The topological polar surface area (TPSA) is 0 Å². The van der Waals surface area contributed by atoms with Crippen LogP contribution in [0.5, 0.6) is 0 Å². The van der Waals surface area contributed by atoms with Gasteiger partial charge in [0.2, 0.25) is 0 Å². The maximum Gasteiger partial charge on any atom is 0.0449 e. The molecule has 10 rings (SSSR count). The fourth-order valence-corrected chi connectivity index (χ4v) is 10.7. The number of thiophene rings is 2. The lowest BCUT2D eigenvalue weighted by molar-refractivity contribution is 0.781. The average molecular weight is 809 g/mol. The first-order valence-electron chi connectivity index (χ1n) is 20.1. The lowest BCUT2D eigenvalue weighted by Crippen LogP contribution is -2.04. The van der Waals surface area contributed by atoms with E-state index >= 15 is 0 Å². The molecule has 1 unspecified atom stereocenters. The summed E-state index contributed by atoms with van der Waals surface area (Å²) in [6, 6.07) is 58.1. The third-order valence-electron chi connectivity index (χ3n) is 11.3. The van der Waals surface area contributed by atoms with E-state index in [0.29, 0.717) is 5.92 Å². The van der Waals surface area contributed by atoms with Gasteiger partial charge in [-0.1, -0.05) is 182 Å². The lowest BCUT2D eigenvalue weighted by atomic mass is 9.79. The van der Waals surface area contributed by atoms with Gasteiger partial charge in [0.25, 0.3) is 0 Å². The first kappa shape index (κ1) is 37.1. The van der Waals surface area contributed by atoms with Crippen molar-refractivity contribution in [3.63, 3.8) is 0 Å². The van der Waals surface area contributed by atoms with E-state index in [1.54, 1.807) is 5.41 Å². The molecule has 2 aromatic heterocycles. The van der Waals surface area contributed by atoms with Crippen molar-refractivity contribution in [1.29, 1.82) is 0 Å². The highest BCUT2D eigenvalue weighted by atomic mass is 32.1. The molecule has 282 valence electrons. The van der Waals surface area contributed by atoms with Crippen molar-refractivity contribution in [3.05, 3.63) is 228 Å². The van der Waals surface area contributed by atoms with Crippen LogP contribution in [-0.4, -0.2) is 0 Å². The quantitative estimate of drug-likeness (QED) is 0.109. The first-order valence-corrected chi connectivity index (χ1v) is 22.2. The summed E-state index contributed by atoms with van der Waals surface area (Å²) in [7, 11) is 0. The normalized spacial score (nSPS) is 14.9. The maximum absolute atomic E-state index is 4.23. The molecule has 0 N–H and O–H groups in total. The van der Waals surface area contributed by atoms with Gasteiger partial charge in [0.05, 0.1) is 0 Å². The van der Waals surface area contributed by atoms with Crippen LogP contribution >= 0.6 is 35.3 Å². The maximum atomic E-state index is 4.23. The molecule has 2 heterocycles. The summed E-state index contributed by atoms with van der Waals surface area (Å²) >= 11 is 7.97. The van der Waals surface area contributed by atoms with Crippen molar-refractivity contribution in [2.45, 2.75) is 6.42 Å². The minimum absolute atomic E-state index is 0.512. The number of rotatable bonds is 9. The second kappa shape index (κ2) is 16.6. The van der Waals surface area contributed by atoms with Crippen LogP contribution in [0.2, 0.25) is 0 Å². The van der Waals surface area contributed by atoms with E-state index in [4.69, 9.17) is 0 Å². The van der Waals surface area contributed by atoms with Gasteiger partial charge in [-0.2, -0.15) is 12.6 Å². The van der Waals surface area contributed by atoms with E-state index in [-0.39, 0.29) is 0 Å². The monoisotopic (exact) mass is 808 g/mol. The molecule has 0 bridgehead atoms. The van der Waals surface area contributed by atoms with Crippen LogP contribution in [0.1, 0.15) is 16.9 Å². The zero-order chi connectivity index (χ0) is 39.5. The summed E-state index contributed by atoms with van der Waals surface area (Å²) in [5, 5.41) is 4.23. The zero-order valence-electron chi connectivity index (χ0n) is 32.3. The van der Waals surface area contributed by atoms with Crippen molar-refractivity contribution < 1.29 is 0 Å². The fraction of sp³-hybridized carbons (Fsp3) is 0.0357. The fourth-order valence-electron chi connectivity index (χ4n) is 8.46. The Bertz CT molecular complexity index is 2980. The molecule has 8 aromatic rings. The second-order valence-corrected chi connectivity index (χ2v) is 17.4. The minimum Gasteiger partial charge on any atom is -0.151 e. The predicted octanol–water partition coefficient (Wildman–Crippen LogP) is 16.9. The Hall–Kier alpha value is -6.23. The minimum atomic E-state index is 0.512. The predicted molar refractivity (Wildman–Crippen MR) is 262 cm³/mol.